The van der Waals surface area contributed by atoms with Crippen LogP contribution in [-0.4, -0.2) is 67.6 Å². The molecule has 0 saturated carbocycles. The lowest BCUT2D eigenvalue weighted by molar-refractivity contribution is -0.132. The van der Waals surface area contributed by atoms with Gasteiger partial charge in [0, 0.05) is 57.4 Å². The van der Waals surface area contributed by atoms with Crippen molar-refractivity contribution in [1.82, 2.24) is 9.80 Å². The van der Waals surface area contributed by atoms with Gasteiger partial charge in [-0.2, -0.15) is 0 Å². The van der Waals surface area contributed by atoms with E-state index in [0.29, 0.717) is 30.8 Å². The van der Waals surface area contributed by atoms with Gasteiger partial charge in [-0.05, 0) is 37.9 Å². The molecule has 0 aliphatic carbocycles. The third-order valence-corrected chi connectivity index (χ3v) is 5.45. The van der Waals surface area contributed by atoms with E-state index in [1.54, 1.807) is 0 Å². The second kappa shape index (κ2) is 7.99. The van der Waals surface area contributed by atoms with Crippen LogP contribution in [0.2, 0.25) is 0 Å². The molecule has 5 heteroatoms. The van der Waals surface area contributed by atoms with Crippen molar-refractivity contribution in [3.05, 3.63) is 30.3 Å². The van der Waals surface area contributed by atoms with Gasteiger partial charge >= 0.3 is 0 Å². The Kier molecular flexibility index (Phi) is 5.74. The van der Waals surface area contributed by atoms with Gasteiger partial charge in [-0.25, -0.2) is 0 Å². The first-order chi connectivity index (χ1) is 11.7. The van der Waals surface area contributed by atoms with Crippen LogP contribution in [0.25, 0.3) is 0 Å². The molecule has 2 N–H and O–H groups in total. The molecule has 2 fully saturated rings. The van der Waals surface area contributed by atoms with Crippen LogP contribution in [-0.2, 0) is 4.79 Å². The van der Waals surface area contributed by atoms with E-state index in [0.717, 1.165) is 45.7 Å². The standard InChI is InChI=1S/C19H30N4O/c1-16-13-17(14-20)15-23(16)19(24)7-8-21-9-11-22(12-10-21)18-5-3-2-4-6-18/h2-6,16-17H,7-15,20H2,1H3. The monoisotopic (exact) mass is 330 g/mol. The fourth-order valence-corrected chi connectivity index (χ4v) is 3.93. The van der Waals surface area contributed by atoms with Gasteiger partial charge < -0.3 is 15.5 Å². The number of likely N-dealkylation sites (tertiary alicyclic amines) is 1. The summed E-state index contributed by atoms with van der Waals surface area (Å²) >= 11 is 0. The molecule has 24 heavy (non-hydrogen) atoms. The number of hydrogen-bond acceptors (Lipinski definition) is 4. The molecule has 2 aliphatic heterocycles. The maximum atomic E-state index is 12.5. The van der Waals surface area contributed by atoms with E-state index in [2.05, 4.69) is 47.1 Å². The van der Waals surface area contributed by atoms with Crippen LogP contribution in [0.1, 0.15) is 19.8 Å². The van der Waals surface area contributed by atoms with Gasteiger partial charge in [0.2, 0.25) is 5.91 Å². The highest BCUT2D eigenvalue weighted by atomic mass is 16.2. The summed E-state index contributed by atoms with van der Waals surface area (Å²) in [6, 6.07) is 10.9. The third-order valence-electron chi connectivity index (χ3n) is 5.45. The molecular weight excluding hydrogens is 300 g/mol. The zero-order valence-electron chi connectivity index (χ0n) is 14.7. The van der Waals surface area contributed by atoms with Gasteiger partial charge in [-0.15, -0.1) is 0 Å². The molecule has 2 heterocycles. The maximum absolute atomic E-state index is 12.5. The smallest absolute Gasteiger partial charge is 0.224 e. The van der Waals surface area contributed by atoms with Gasteiger partial charge in [-0.1, -0.05) is 18.2 Å². The molecule has 2 atom stereocenters. The van der Waals surface area contributed by atoms with Crippen molar-refractivity contribution in [3.63, 3.8) is 0 Å². The molecular formula is C19H30N4O. The first-order valence-electron chi connectivity index (χ1n) is 9.19. The fraction of sp³-hybridized carbons (Fsp3) is 0.632. The van der Waals surface area contributed by atoms with Gasteiger partial charge in [-0.3, -0.25) is 9.69 Å². The number of carbonyl (C=O) groups is 1. The minimum Gasteiger partial charge on any atom is -0.369 e. The van der Waals surface area contributed by atoms with Crippen LogP contribution in [0.4, 0.5) is 5.69 Å². The van der Waals surface area contributed by atoms with E-state index in [9.17, 15) is 4.79 Å². The highest BCUT2D eigenvalue weighted by molar-refractivity contribution is 5.77. The van der Waals surface area contributed by atoms with E-state index in [4.69, 9.17) is 5.73 Å². The molecule has 1 aromatic rings. The fourth-order valence-electron chi connectivity index (χ4n) is 3.93. The predicted octanol–water partition coefficient (Wildman–Crippen LogP) is 1.39. The molecule has 2 saturated heterocycles. The predicted molar refractivity (Wildman–Crippen MR) is 98.0 cm³/mol. The maximum Gasteiger partial charge on any atom is 0.224 e. The molecule has 1 amide bonds. The molecule has 132 valence electrons. The molecule has 3 rings (SSSR count). The Morgan fingerprint density at radius 3 is 2.50 bits per heavy atom. The van der Waals surface area contributed by atoms with Crippen LogP contribution < -0.4 is 10.6 Å². The molecule has 2 unspecified atom stereocenters. The summed E-state index contributed by atoms with van der Waals surface area (Å²) in [5.41, 5.74) is 7.06. The number of rotatable bonds is 5. The SMILES string of the molecule is CC1CC(CN)CN1C(=O)CCN1CCN(c2ccccc2)CC1. The number of carbonyl (C=O) groups excluding carboxylic acids is 1. The molecule has 0 spiro atoms. The highest BCUT2D eigenvalue weighted by Gasteiger charge is 2.31. The van der Waals surface area contributed by atoms with Crippen LogP contribution >= 0.6 is 0 Å². The van der Waals surface area contributed by atoms with E-state index in [1.807, 2.05) is 4.90 Å². The van der Waals surface area contributed by atoms with Gasteiger partial charge in [0.15, 0.2) is 0 Å². The second-order valence-corrected chi connectivity index (χ2v) is 7.15. The number of nitrogens with two attached hydrogens (primary N) is 1. The number of anilines is 1. The zero-order chi connectivity index (χ0) is 16.9. The molecule has 0 bridgehead atoms. The van der Waals surface area contributed by atoms with Crippen molar-refractivity contribution in [1.29, 1.82) is 0 Å². The zero-order valence-corrected chi connectivity index (χ0v) is 14.7. The average Bonchev–Trinajstić information content (AvgIpc) is 3.02. The van der Waals surface area contributed by atoms with E-state index in [1.165, 1.54) is 5.69 Å². The largest absolute Gasteiger partial charge is 0.369 e. The van der Waals surface area contributed by atoms with Crippen molar-refractivity contribution < 1.29 is 4.79 Å². The summed E-state index contributed by atoms with van der Waals surface area (Å²) in [6.07, 6.45) is 1.69. The molecule has 0 radical (unpaired) electrons. The van der Waals surface area contributed by atoms with Gasteiger partial charge in [0.1, 0.15) is 0 Å². The summed E-state index contributed by atoms with van der Waals surface area (Å²) in [7, 11) is 0. The number of benzene rings is 1. The first kappa shape index (κ1) is 17.2. The van der Waals surface area contributed by atoms with Crippen LogP contribution in [0.15, 0.2) is 30.3 Å². The van der Waals surface area contributed by atoms with Gasteiger partial charge in [0.05, 0.1) is 0 Å². The third kappa shape index (κ3) is 4.08. The van der Waals surface area contributed by atoms with Crippen molar-refractivity contribution in [2.24, 2.45) is 11.7 Å². The van der Waals surface area contributed by atoms with Gasteiger partial charge in [0.25, 0.3) is 0 Å². The van der Waals surface area contributed by atoms with Crippen LogP contribution in [0.3, 0.4) is 0 Å². The Balaban J connectivity index is 1.41. The summed E-state index contributed by atoms with van der Waals surface area (Å²) < 4.78 is 0. The lowest BCUT2D eigenvalue weighted by Crippen LogP contribution is -2.47. The van der Waals surface area contributed by atoms with Crippen molar-refractivity contribution in [2.75, 3.05) is 50.7 Å². The Hall–Kier alpha value is -1.59. The second-order valence-electron chi connectivity index (χ2n) is 7.15. The Labute approximate surface area is 145 Å². The lowest BCUT2D eigenvalue weighted by Gasteiger charge is -2.36. The summed E-state index contributed by atoms with van der Waals surface area (Å²) in [5.74, 6) is 0.780. The number of nitrogens with zero attached hydrogens (tertiary/aromatic N) is 3. The number of piperazine rings is 1. The van der Waals surface area contributed by atoms with E-state index < -0.39 is 0 Å². The normalized spacial score (nSPS) is 25.2. The Bertz CT molecular complexity index is 527. The summed E-state index contributed by atoms with van der Waals surface area (Å²) in [4.78, 5) is 19.4. The summed E-state index contributed by atoms with van der Waals surface area (Å²) in [6.45, 7) is 8.69. The minimum absolute atomic E-state index is 0.295. The molecule has 0 aromatic heterocycles. The van der Waals surface area contributed by atoms with Crippen molar-refractivity contribution in [3.8, 4) is 0 Å². The number of amides is 1. The van der Waals surface area contributed by atoms with Crippen molar-refractivity contribution >= 4 is 11.6 Å². The van der Waals surface area contributed by atoms with E-state index in [-0.39, 0.29) is 0 Å². The molecule has 5 nitrogen and oxygen atoms in total. The summed E-state index contributed by atoms with van der Waals surface area (Å²) in [5, 5.41) is 0. The Morgan fingerprint density at radius 1 is 1.17 bits per heavy atom. The van der Waals surface area contributed by atoms with Crippen molar-refractivity contribution in [2.45, 2.75) is 25.8 Å². The van der Waals surface area contributed by atoms with Crippen LogP contribution in [0.5, 0.6) is 0 Å². The highest BCUT2D eigenvalue weighted by Crippen LogP contribution is 2.23. The molecule has 2 aliphatic rings. The average molecular weight is 330 g/mol. The van der Waals surface area contributed by atoms with E-state index >= 15 is 0 Å². The minimum atomic E-state index is 0.295. The van der Waals surface area contributed by atoms with Crippen LogP contribution in [0, 0.1) is 5.92 Å². The lowest BCUT2D eigenvalue weighted by atomic mass is 10.1. The first-order valence-corrected chi connectivity index (χ1v) is 9.19. The quantitative estimate of drug-likeness (QED) is 0.886. The number of para-hydroxylation sites is 1. The Morgan fingerprint density at radius 2 is 1.88 bits per heavy atom. The molecule has 1 aromatic carbocycles. The topological polar surface area (TPSA) is 52.8 Å². The number of hydrogen-bond donors (Lipinski definition) is 1.